The molecule has 0 atom stereocenters. The Labute approximate surface area is 276 Å². The maximum Gasteiger partial charge on any atom is 0.267 e. The molecule has 0 aliphatic heterocycles. The zero-order valence-electron chi connectivity index (χ0n) is 26.9. The zero-order chi connectivity index (χ0) is 33.3. The van der Waals surface area contributed by atoms with Crippen LogP contribution in [0.1, 0.15) is 46.5 Å². The van der Waals surface area contributed by atoms with E-state index in [9.17, 15) is 9.59 Å². The van der Waals surface area contributed by atoms with Crippen molar-refractivity contribution in [1.82, 2.24) is 20.8 Å². The summed E-state index contributed by atoms with van der Waals surface area (Å²) in [5.41, 5.74) is 9.74. The lowest BCUT2D eigenvalue weighted by Crippen LogP contribution is -2.14. The van der Waals surface area contributed by atoms with E-state index in [-0.39, 0.29) is 5.91 Å². The molecule has 0 aliphatic carbocycles. The minimum Gasteiger partial charge on any atom is -0.493 e. The summed E-state index contributed by atoms with van der Waals surface area (Å²) in [7, 11) is 1.63. The second kappa shape index (κ2) is 18.5. The number of benzene rings is 3. The average molecular weight is 631 g/mol. The molecule has 0 spiro atoms. The van der Waals surface area contributed by atoms with E-state index in [0.29, 0.717) is 6.61 Å². The van der Waals surface area contributed by atoms with E-state index >= 15 is 0 Å². The van der Waals surface area contributed by atoms with Crippen molar-refractivity contribution in [2.24, 2.45) is 0 Å². The summed E-state index contributed by atoms with van der Waals surface area (Å²) >= 11 is 0. The van der Waals surface area contributed by atoms with Gasteiger partial charge >= 0.3 is 0 Å². The number of ether oxygens (including phenoxy) is 1. The molecule has 3 aromatic carbocycles. The third kappa shape index (κ3) is 11.4. The summed E-state index contributed by atoms with van der Waals surface area (Å²) in [6.07, 6.45) is 13.3. The number of carbonyl (C=O) groups is 2. The van der Waals surface area contributed by atoms with Crippen LogP contribution < -0.4 is 15.5 Å². The summed E-state index contributed by atoms with van der Waals surface area (Å²) in [6, 6.07) is 30.1. The van der Waals surface area contributed by atoms with Crippen LogP contribution in [0.2, 0.25) is 0 Å². The fourth-order valence-corrected chi connectivity index (χ4v) is 5.04. The first-order valence-corrected chi connectivity index (χ1v) is 15.7. The largest absolute Gasteiger partial charge is 0.493 e. The molecular weight excluding hydrogens is 588 g/mol. The number of H-pyrrole nitrogens is 1. The number of unbranched alkanes of at least 4 members (excludes halogenated alkanes) is 1. The lowest BCUT2D eigenvalue weighted by molar-refractivity contribution is -0.124. The summed E-state index contributed by atoms with van der Waals surface area (Å²) in [4.78, 5) is 29.8. The van der Waals surface area contributed by atoms with Gasteiger partial charge in [-0.1, -0.05) is 60.7 Å². The molecule has 8 nitrogen and oxygen atoms in total. The Morgan fingerprint density at radius 3 is 2.15 bits per heavy atom. The molecule has 8 heteroatoms. The van der Waals surface area contributed by atoms with Crippen molar-refractivity contribution in [3.05, 3.63) is 143 Å². The van der Waals surface area contributed by atoms with Crippen molar-refractivity contribution in [1.29, 1.82) is 0 Å². The number of aryl methyl sites for hydroxylation is 3. The molecule has 0 fully saturated rings. The molecule has 0 aliphatic rings. The highest BCUT2D eigenvalue weighted by Crippen LogP contribution is 2.24. The van der Waals surface area contributed by atoms with Gasteiger partial charge in [0.1, 0.15) is 5.75 Å². The van der Waals surface area contributed by atoms with Crippen LogP contribution in [0, 0.1) is 6.92 Å². The van der Waals surface area contributed by atoms with Gasteiger partial charge in [0.05, 0.1) is 6.61 Å². The van der Waals surface area contributed by atoms with Crippen LogP contribution in [0.4, 0.5) is 0 Å². The monoisotopic (exact) mass is 630 g/mol. The van der Waals surface area contributed by atoms with Crippen LogP contribution in [0.15, 0.2) is 109 Å². The van der Waals surface area contributed by atoms with E-state index in [1.165, 1.54) is 52.1 Å². The number of amides is 2. The van der Waals surface area contributed by atoms with Gasteiger partial charge in [-0.25, -0.2) is 5.48 Å². The van der Waals surface area contributed by atoms with Gasteiger partial charge in [-0.3, -0.25) is 19.8 Å². The standard InChI is InChI=1S/C23H26N2O.C16H16N2O3/c1-17-20(21-9-5-6-10-22(21)25-17)8-4-3-7-18-11-13-19(14-12-18)15-16-23(26)24-2;19-16(18-20)9-6-13-4-7-15(8-5-13)21-12-10-14-3-1-2-11-17-14/h5-6,9-16,25H,3-4,7-8H2,1-2H3,(H,24,26);1-9,11,20H,10,12H2,(H,18,19)/b16-15+;9-6+. The van der Waals surface area contributed by atoms with E-state index < -0.39 is 5.91 Å². The van der Waals surface area contributed by atoms with Gasteiger partial charge in [0.25, 0.3) is 5.91 Å². The van der Waals surface area contributed by atoms with Crippen LogP contribution in [0.5, 0.6) is 5.75 Å². The Balaban J connectivity index is 0.000000218. The number of carbonyl (C=O) groups excluding carboxylic acids is 2. The number of likely N-dealkylation sites (N-methyl/N-ethyl adjacent to an activating group) is 1. The van der Waals surface area contributed by atoms with E-state index in [1.54, 1.807) is 25.4 Å². The number of hydrogen-bond acceptors (Lipinski definition) is 5. The van der Waals surface area contributed by atoms with E-state index in [4.69, 9.17) is 9.94 Å². The average Bonchev–Trinajstić information content (AvgIpc) is 3.44. The Kier molecular flexibility index (Phi) is 13.5. The highest BCUT2D eigenvalue weighted by molar-refractivity contribution is 5.91. The van der Waals surface area contributed by atoms with Gasteiger partial charge in [0, 0.05) is 54.1 Å². The number of pyridine rings is 1. The van der Waals surface area contributed by atoms with Gasteiger partial charge in [0.2, 0.25) is 5.91 Å². The number of para-hydroxylation sites is 1. The predicted octanol–water partition coefficient (Wildman–Crippen LogP) is 7.02. The molecule has 0 unspecified atom stereocenters. The lowest BCUT2D eigenvalue weighted by atomic mass is 10.0. The molecule has 242 valence electrons. The molecule has 47 heavy (non-hydrogen) atoms. The normalized spacial score (nSPS) is 11.0. The number of nitrogens with zero attached hydrogens (tertiary/aromatic N) is 1. The zero-order valence-corrected chi connectivity index (χ0v) is 26.9. The van der Waals surface area contributed by atoms with Crippen LogP contribution >= 0.6 is 0 Å². The fourth-order valence-electron chi connectivity index (χ4n) is 5.04. The van der Waals surface area contributed by atoms with Crippen molar-refractivity contribution in [2.45, 2.75) is 39.0 Å². The summed E-state index contributed by atoms with van der Waals surface area (Å²) in [5, 5.41) is 12.3. The summed E-state index contributed by atoms with van der Waals surface area (Å²) < 4.78 is 5.63. The van der Waals surface area contributed by atoms with Gasteiger partial charge < -0.3 is 15.0 Å². The van der Waals surface area contributed by atoms with Crippen LogP contribution in [-0.2, 0) is 28.9 Å². The first kappa shape index (κ1) is 34.4. The molecule has 5 aromatic rings. The number of aromatic amines is 1. The molecule has 2 aromatic heterocycles. The maximum absolute atomic E-state index is 11.2. The van der Waals surface area contributed by atoms with Crippen molar-refractivity contribution in [3.63, 3.8) is 0 Å². The second-order valence-electron chi connectivity index (χ2n) is 11.0. The Bertz CT molecular complexity index is 1760. The van der Waals surface area contributed by atoms with Gasteiger partial charge in [-0.2, -0.15) is 0 Å². The van der Waals surface area contributed by atoms with Crippen molar-refractivity contribution >= 4 is 34.9 Å². The quantitative estimate of drug-likeness (QED) is 0.0483. The number of hydroxylamine groups is 1. The van der Waals surface area contributed by atoms with Crippen LogP contribution in [0.3, 0.4) is 0 Å². The maximum atomic E-state index is 11.2. The van der Waals surface area contributed by atoms with Crippen LogP contribution in [-0.4, -0.2) is 40.6 Å². The third-order valence-corrected chi connectivity index (χ3v) is 7.59. The van der Waals surface area contributed by atoms with Gasteiger partial charge in [-0.15, -0.1) is 0 Å². The van der Waals surface area contributed by atoms with Crippen molar-refractivity contribution in [2.75, 3.05) is 13.7 Å². The molecule has 5 rings (SSSR count). The number of nitrogens with one attached hydrogen (secondary N) is 3. The highest BCUT2D eigenvalue weighted by atomic mass is 16.5. The SMILES string of the molecule is CNC(=O)/C=C/c1ccc(CCCCc2c(C)[nH]c3ccccc23)cc1.O=C(/C=C/c1ccc(OCCc2ccccn2)cc1)NO. The third-order valence-electron chi connectivity index (χ3n) is 7.59. The highest BCUT2D eigenvalue weighted by Gasteiger charge is 2.07. The summed E-state index contributed by atoms with van der Waals surface area (Å²) in [5.74, 6) is 0.113. The Morgan fingerprint density at radius 2 is 1.47 bits per heavy atom. The first-order chi connectivity index (χ1) is 22.9. The minimum absolute atomic E-state index is 0.0818. The molecule has 2 heterocycles. The molecule has 0 bridgehead atoms. The number of rotatable bonds is 13. The first-order valence-electron chi connectivity index (χ1n) is 15.7. The molecule has 0 saturated carbocycles. The minimum atomic E-state index is -0.564. The predicted molar refractivity (Wildman–Crippen MR) is 188 cm³/mol. The fraction of sp³-hybridized carbons (Fsp3) is 0.205. The van der Waals surface area contributed by atoms with Gasteiger partial charge in [-0.05, 0) is 97.3 Å². The van der Waals surface area contributed by atoms with E-state index in [2.05, 4.69) is 70.7 Å². The Morgan fingerprint density at radius 1 is 0.809 bits per heavy atom. The lowest BCUT2D eigenvalue weighted by Gasteiger charge is -2.06. The number of fused-ring (bicyclic) bond motifs is 1. The molecular formula is C39H42N4O4. The molecule has 0 radical (unpaired) electrons. The smallest absolute Gasteiger partial charge is 0.267 e. The van der Waals surface area contributed by atoms with Gasteiger partial charge in [0.15, 0.2) is 0 Å². The van der Waals surface area contributed by atoms with E-state index in [0.717, 1.165) is 41.8 Å². The van der Waals surface area contributed by atoms with Crippen molar-refractivity contribution < 1.29 is 19.5 Å². The second-order valence-corrected chi connectivity index (χ2v) is 11.0. The van der Waals surface area contributed by atoms with Crippen molar-refractivity contribution in [3.8, 4) is 5.75 Å². The molecule has 4 N–H and O–H groups in total. The number of hydrogen-bond donors (Lipinski definition) is 4. The van der Waals surface area contributed by atoms with Crippen LogP contribution in [0.25, 0.3) is 23.1 Å². The Hall–Kier alpha value is -5.47. The molecule has 0 saturated heterocycles. The number of aromatic nitrogens is 2. The van der Waals surface area contributed by atoms with E-state index in [1.807, 2.05) is 48.5 Å². The molecule has 2 amide bonds. The summed E-state index contributed by atoms with van der Waals surface area (Å²) in [6.45, 7) is 2.72. The topological polar surface area (TPSA) is 116 Å².